The Balaban J connectivity index is 0.00000312. The van der Waals surface area contributed by atoms with Crippen molar-refractivity contribution in [1.82, 2.24) is 0 Å². The van der Waals surface area contributed by atoms with E-state index in [4.69, 9.17) is 15.2 Å². The Bertz CT molecular complexity index is 707. The Hall–Kier alpha value is -2.40. The molecular weight excluding hydrogens is 340 g/mol. The first-order valence-corrected chi connectivity index (χ1v) is 8.00. The zero-order chi connectivity index (χ0) is 17.5. The summed E-state index contributed by atoms with van der Waals surface area (Å²) < 4.78 is 10.8. The molecule has 0 spiro atoms. The lowest BCUT2D eigenvalue weighted by molar-refractivity contribution is -0.118. The third kappa shape index (κ3) is 5.57. The van der Waals surface area contributed by atoms with Crippen molar-refractivity contribution in [2.75, 3.05) is 24.8 Å². The van der Waals surface area contributed by atoms with Crippen LogP contribution in [-0.2, 0) is 4.79 Å². The quantitative estimate of drug-likeness (QED) is 0.721. The lowest BCUT2D eigenvalue weighted by Crippen LogP contribution is -2.20. The summed E-state index contributed by atoms with van der Waals surface area (Å²) in [5, 5.41) is 2.77. The van der Waals surface area contributed by atoms with Gasteiger partial charge in [0, 0.05) is 5.69 Å². The molecule has 0 fully saturated rings. The highest BCUT2D eigenvalue weighted by atomic mass is 35.5. The summed E-state index contributed by atoms with van der Waals surface area (Å²) in [6, 6.07) is 12.9. The summed E-state index contributed by atoms with van der Waals surface area (Å²) in [7, 11) is 1.55. The number of methoxy groups -OCH3 is 1. The Morgan fingerprint density at radius 2 is 1.92 bits per heavy atom. The molecule has 2 aromatic rings. The number of amides is 1. The van der Waals surface area contributed by atoms with Crippen LogP contribution in [0.2, 0.25) is 0 Å². The van der Waals surface area contributed by atoms with Crippen molar-refractivity contribution in [3.63, 3.8) is 0 Å². The molecule has 1 amide bonds. The molecule has 5 nitrogen and oxygen atoms in total. The van der Waals surface area contributed by atoms with E-state index in [1.54, 1.807) is 25.3 Å². The summed E-state index contributed by atoms with van der Waals surface area (Å²) >= 11 is 0. The Morgan fingerprint density at radius 3 is 2.56 bits per heavy atom. The van der Waals surface area contributed by atoms with E-state index in [-0.39, 0.29) is 24.9 Å². The number of benzene rings is 2. The second-order valence-corrected chi connectivity index (χ2v) is 5.64. The van der Waals surface area contributed by atoms with Gasteiger partial charge in [0.25, 0.3) is 5.91 Å². The van der Waals surface area contributed by atoms with Gasteiger partial charge in [-0.2, -0.15) is 0 Å². The van der Waals surface area contributed by atoms with Gasteiger partial charge in [0.05, 0.1) is 12.8 Å². The molecule has 0 bridgehead atoms. The van der Waals surface area contributed by atoms with Crippen molar-refractivity contribution >= 4 is 29.7 Å². The first-order chi connectivity index (χ1) is 11.5. The van der Waals surface area contributed by atoms with E-state index in [2.05, 4.69) is 19.2 Å². The van der Waals surface area contributed by atoms with Gasteiger partial charge < -0.3 is 20.5 Å². The van der Waals surface area contributed by atoms with Gasteiger partial charge >= 0.3 is 0 Å². The summed E-state index contributed by atoms with van der Waals surface area (Å²) in [6.07, 6.45) is 1.01. The molecule has 0 aliphatic heterocycles. The number of hydrogen-bond acceptors (Lipinski definition) is 4. The van der Waals surface area contributed by atoms with E-state index >= 15 is 0 Å². The molecule has 3 N–H and O–H groups in total. The number of hydrogen-bond donors (Lipinski definition) is 2. The van der Waals surface area contributed by atoms with E-state index in [1.165, 1.54) is 0 Å². The van der Waals surface area contributed by atoms with Crippen LogP contribution >= 0.6 is 12.4 Å². The molecule has 0 heterocycles. The van der Waals surface area contributed by atoms with Crippen LogP contribution in [-0.4, -0.2) is 19.6 Å². The van der Waals surface area contributed by atoms with Crippen molar-refractivity contribution in [2.24, 2.45) is 0 Å². The van der Waals surface area contributed by atoms with Crippen molar-refractivity contribution in [1.29, 1.82) is 0 Å². The van der Waals surface area contributed by atoms with Crippen LogP contribution in [0.25, 0.3) is 0 Å². The average Bonchev–Trinajstić information content (AvgIpc) is 2.59. The monoisotopic (exact) mass is 364 g/mol. The highest BCUT2D eigenvalue weighted by Gasteiger charge is 2.11. The number of nitrogen functional groups attached to an aromatic ring is 1. The van der Waals surface area contributed by atoms with E-state index in [9.17, 15) is 4.79 Å². The normalized spacial score (nSPS) is 11.2. The van der Waals surface area contributed by atoms with Gasteiger partial charge in [0.15, 0.2) is 6.61 Å². The second kappa shape index (κ2) is 9.79. The van der Waals surface area contributed by atoms with E-state index in [0.29, 0.717) is 23.0 Å². The molecule has 0 aromatic heterocycles. The second-order valence-electron chi connectivity index (χ2n) is 5.64. The number of anilines is 2. The molecule has 0 radical (unpaired) electrons. The number of nitrogens with two attached hydrogens (primary N) is 1. The molecular formula is C19H25ClN2O3. The minimum absolute atomic E-state index is 0. The Labute approximate surface area is 154 Å². The number of carbonyl (C=O) groups excluding carboxylic acids is 1. The van der Waals surface area contributed by atoms with Gasteiger partial charge in [-0.3, -0.25) is 4.79 Å². The topological polar surface area (TPSA) is 73.6 Å². The number of rotatable bonds is 7. The third-order valence-corrected chi connectivity index (χ3v) is 3.93. The first-order valence-electron chi connectivity index (χ1n) is 8.00. The van der Waals surface area contributed by atoms with Crippen LogP contribution in [0.5, 0.6) is 11.5 Å². The van der Waals surface area contributed by atoms with E-state index < -0.39 is 0 Å². The maximum absolute atomic E-state index is 12.1. The predicted molar refractivity (Wildman–Crippen MR) is 104 cm³/mol. The molecule has 2 rings (SSSR count). The predicted octanol–water partition coefficient (Wildman–Crippen LogP) is 4.23. The SMILES string of the molecule is CCC(C)c1ccccc1OCC(=O)Nc1ccc(OC)c(N)c1.Cl. The minimum atomic E-state index is -0.237. The maximum atomic E-state index is 12.1. The largest absolute Gasteiger partial charge is 0.495 e. The van der Waals surface area contributed by atoms with E-state index in [1.807, 2.05) is 24.3 Å². The lowest BCUT2D eigenvalue weighted by Gasteiger charge is -2.15. The number of para-hydroxylation sites is 1. The maximum Gasteiger partial charge on any atom is 0.262 e. The van der Waals surface area contributed by atoms with Crippen LogP contribution in [0.1, 0.15) is 31.7 Å². The fraction of sp³-hybridized carbons (Fsp3) is 0.316. The van der Waals surface area contributed by atoms with Crippen molar-refractivity contribution in [2.45, 2.75) is 26.2 Å². The summed E-state index contributed by atoms with van der Waals surface area (Å²) in [5.41, 5.74) is 8.03. The van der Waals surface area contributed by atoms with Gasteiger partial charge in [0.2, 0.25) is 0 Å². The molecule has 0 saturated carbocycles. The molecule has 0 saturated heterocycles. The molecule has 6 heteroatoms. The number of carbonyl (C=O) groups is 1. The number of halogens is 1. The summed E-state index contributed by atoms with van der Waals surface area (Å²) in [5.74, 6) is 1.46. The Kier molecular flexibility index (Phi) is 8.08. The molecule has 0 aliphatic carbocycles. The van der Waals surface area contributed by atoms with Gasteiger partial charge in [-0.1, -0.05) is 32.0 Å². The van der Waals surface area contributed by atoms with Gasteiger partial charge in [-0.15, -0.1) is 12.4 Å². The first kappa shape index (κ1) is 20.6. The standard InChI is InChI=1S/C19H24N2O3.ClH/c1-4-13(2)15-7-5-6-8-17(15)24-12-19(22)21-14-9-10-18(23-3)16(20)11-14;/h5-11,13H,4,12,20H2,1-3H3,(H,21,22);1H. The van der Waals surface area contributed by atoms with Gasteiger partial charge in [0.1, 0.15) is 11.5 Å². The Morgan fingerprint density at radius 1 is 1.20 bits per heavy atom. The van der Waals surface area contributed by atoms with Crippen LogP contribution in [0, 0.1) is 0 Å². The molecule has 136 valence electrons. The molecule has 2 aromatic carbocycles. The van der Waals surface area contributed by atoms with Crippen LogP contribution < -0.4 is 20.5 Å². The van der Waals surface area contributed by atoms with Crippen LogP contribution in [0.4, 0.5) is 11.4 Å². The van der Waals surface area contributed by atoms with Crippen LogP contribution in [0.3, 0.4) is 0 Å². The van der Waals surface area contributed by atoms with Crippen LogP contribution in [0.15, 0.2) is 42.5 Å². The van der Waals surface area contributed by atoms with Gasteiger partial charge in [-0.25, -0.2) is 0 Å². The van der Waals surface area contributed by atoms with Crippen molar-refractivity contribution in [3.8, 4) is 11.5 Å². The van der Waals surface area contributed by atoms with Crippen molar-refractivity contribution in [3.05, 3.63) is 48.0 Å². The summed E-state index contributed by atoms with van der Waals surface area (Å²) in [6.45, 7) is 4.21. The van der Waals surface area contributed by atoms with Gasteiger partial charge in [-0.05, 0) is 42.2 Å². The zero-order valence-electron chi connectivity index (χ0n) is 14.7. The van der Waals surface area contributed by atoms with Crippen molar-refractivity contribution < 1.29 is 14.3 Å². The summed E-state index contributed by atoms with van der Waals surface area (Å²) in [4.78, 5) is 12.1. The van der Waals surface area contributed by atoms with E-state index in [0.717, 1.165) is 17.7 Å². The zero-order valence-corrected chi connectivity index (χ0v) is 15.6. The average molecular weight is 365 g/mol. The fourth-order valence-electron chi connectivity index (χ4n) is 2.39. The molecule has 0 aliphatic rings. The smallest absolute Gasteiger partial charge is 0.262 e. The molecule has 1 atom stereocenters. The lowest BCUT2D eigenvalue weighted by atomic mass is 9.98. The highest BCUT2D eigenvalue weighted by molar-refractivity contribution is 5.92. The number of ether oxygens (including phenoxy) is 2. The number of nitrogens with one attached hydrogen (secondary N) is 1. The third-order valence-electron chi connectivity index (χ3n) is 3.93. The molecule has 1 unspecified atom stereocenters. The highest BCUT2D eigenvalue weighted by Crippen LogP contribution is 2.28. The molecule has 25 heavy (non-hydrogen) atoms. The minimum Gasteiger partial charge on any atom is -0.495 e. The fourth-order valence-corrected chi connectivity index (χ4v) is 2.39.